The van der Waals surface area contributed by atoms with Crippen LogP contribution in [0.5, 0.6) is 11.5 Å². The van der Waals surface area contributed by atoms with Crippen molar-refractivity contribution in [3.63, 3.8) is 0 Å². The average molecular weight is 301 g/mol. The van der Waals surface area contributed by atoms with Crippen LogP contribution < -0.4 is 9.47 Å². The molecule has 5 heteroatoms. The number of hydrogen-bond acceptors (Lipinski definition) is 5. The van der Waals surface area contributed by atoms with Gasteiger partial charge in [0.15, 0.2) is 11.5 Å². The minimum Gasteiger partial charge on any atom is -0.454 e. The van der Waals surface area contributed by atoms with Crippen molar-refractivity contribution in [1.82, 2.24) is 4.90 Å². The summed E-state index contributed by atoms with van der Waals surface area (Å²) in [6.07, 6.45) is 2.27. The highest BCUT2D eigenvalue weighted by Crippen LogP contribution is 2.49. The van der Waals surface area contributed by atoms with Crippen LogP contribution in [0.15, 0.2) is 23.8 Å². The summed E-state index contributed by atoms with van der Waals surface area (Å²) in [5.74, 6) is 2.06. The molecule has 3 aliphatic heterocycles. The second kappa shape index (κ2) is 4.47. The number of fused-ring (bicyclic) bond motifs is 8. The molecular formula is C17H19NO4. The smallest absolute Gasteiger partial charge is 0.231 e. The molecule has 1 aromatic rings. The highest BCUT2D eigenvalue weighted by atomic mass is 16.7. The zero-order valence-corrected chi connectivity index (χ0v) is 12.5. The maximum Gasteiger partial charge on any atom is 0.231 e. The maximum atomic E-state index is 10.3. The molecule has 1 saturated heterocycles. The first kappa shape index (κ1) is 12.9. The summed E-state index contributed by atoms with van der Waals surface area (Å²) in [4.78, 5) is 2.50. The van der Waals surface area contributed by atoms with E-state index in [-0.39, 0.29) is 6.10 Å². The number of aliphatic hydroxyl groups excluding tert-OH is 1. The van der Waals surface area contributed by atoms with Gasteiger partial charge in [0.25, 0.3) is 0 Å². The van der Waals surface area contributed by atoms with Gasteiger partial charge in [-0.15, -0.1) is 0 Å². The fraction of sp³-hybridized carbons (Fsp3) is 0.529. The van der Waals surface area contributed by atoms with E-state index >= 15 is 0 Å². The second-order valence-electron chi connectivity index (χ2n) is 6.57. The first-order valence-electron chi connectivity index (χ1n) is 7.83. The lowest BCUT2D eigenvalue weighted by Gasteiger charge is -2.33. The quantitative estimate of drug-likeness (QED) is 0.795. The minimum absolute atomic E-state index is 0.104. The van der Waals surface area contributed by atoms with Crippen LogP contribution in [0.2, 0.25) is 0 Å². The molecule has 3 heterocycles. The molecule has 5 rings (SSSR count). The van der Waals surface area contributed by atoms with Gasteiger partial charge in [-0.05, 0) is 35.3 Å². The molecule has 1 fully saturated rings. The number of methoxy groups -OCH3 is 1. The summed E-state index contributed by atoms with van der Waals surface area (Å²) in [6, 6.07) is 4.64. The Labute approximate surface area is 129 Å². The lowest BCUT2D eigenvalue weighted by molar-refractivity contribution is -0.0108. The zero-order chi connectivity index (χ0) is 14.8. The van der Waals surface area contributed by atoms with Gasteiger partial charge in [0.1, 0.15) is 0 Å². The van der Waals surface area contributed by atoms with Gasteiger partial charge in [-0.1, -0.05) is 6.08 Å². The Balaban J connectivity index is 1.59. The van der Waals surface area contributed by atoms with Gasteiger partial charge in [0, 0.05) is 32.2 Å². The Morgan fingerprint density at radius 1 is 1.27 bits per heavy atom. The average Bonchev–Trinajstić information content (AvgIpc) is 3.08. The maximum absolute atomic E-state index is 10.3. The van der Waals surface area contributed by atoms with Crippen LogP contribution in [0, 0.1) is 0 Å². The topological polar surface area (TPSA) is 51.2 Å². The van der Waals surface area contributed by atoms with E-state index in [1.54, 1.807) is 7.11 Å². The van der Waals surface area contributed by atoms with Gasteiger partial charge in [0.2, 0.25) is 6.79 Å². The molecule has 22 heavy (non-hydrogen) atoms. The third-order valence-electron chi connectivity index (χ3n) is 5.53. The Morgan fingerprint density at radius 2 is 2.09 bits per heavy atom. The summed E-state index contributed by atoms with van der Waals surface area (Å²) in [5, 5.41) is 10.3. The van der Waals surface area contributed by atoms with Crippen molar-refractivity contribution in [2.75, 3.05) is 20.4 Å². The number of aliphatic hydroxyl groups is 1. The third-order valence-corrected chi connectivity index (χ3v) is 5.53. The Kier molecular flexibility index (Phi) is 2.63. The molecule has 4 aliphatic rings. The first-order chi connectivity index (χ1) is 10.7. The summed E-state index contributed by atoms with van der Waals surface area (Å²) >= 11 is 0. The molecule has 116 valence electrons. The van der Waals surface area contributed by atoms with E-state index in [4.69, 9.17) is 14.2 Å². The van der Waals surface area contributed by atoms with Gasteiger partial charge in [-0.2, -0.15) is 0 Å². The highest BCUT2D eigenvalue weighted by molar-refractivity contribution is 5.54. The molecule has 0 radical (unpaired) electrons. The van der Waals surface area contributed by atoms with Crippen molar-refractivity contribution in [1.29, 1.82) is 0 Å². The largest absolute Gasteiger partial charge is 0.454 e. The van der Waals surface area contributed by atoms with Crippen LogP contribution in [-0.2, 0) is 11.3 Å². The Morgan fingerprint density at radius 3 is 2.91 bits per heavy atom. The van der Waals surface area contributed by atoms with Crippen LogP contribution in [0.25, 0.3) is 0 Å². The van der Waals surface area contributed by atoms with Crippen LogP contribution in [0.3, 0.4) is 0 Å². The lowest BCUT2D eigenvalue weighted by atomic mass is 9.82. The molecule has 5 nitrogen and oxygen atoms in total. The number of nitrogens with zero attached hydrogens (tertiary/aromatic N) is 1. The standard InChI is InChI=1S/C17H19NO4/c1-20-15-5-13-11(3-14(15)19)12-7-18(13)6-9-2-16-17(4-10(9)12)22-8-21-16/h2-4,12-15,19H,5-8H2,1H3/t12-,13+,14+,15-/m0/s1. The Hall–Kier alpha value is -1.56. The molecule has 5 atom stereocenters. The van der Waals surface area contributed by atoms with E-state index in [0.717, 1.165) is 31.0 Å². The SMILES string of the molecule is CO[C@H]1C[C@@H]2C(=C[C@H]1O)[C@H]1CN2Cc2cc3c(cc21)OCO3. The van der Waals surface area contributed by atoms with Crippen LogP contribution in [0.1, 0.15) is 23.5 Å². The molecule has 2 bridgehead atoms. The van der Waals surface area contributed by atoms with Gasteiger partial charge in [0.05, 0.1) is 12.2 Å². The molecular weight excluding hydrogens is 282 g/mol. The van der Waals surface area contributed by atoms with E-state index in [1.807, 2.05) is 6.08 Å². The van der Waals surface area contributed by atoms with Crippen molar-refractivity contribution in [2.45, 2.75) is 37.1 Å². The van der Waals surface area contributed by atoms with Crippen LogP contribution >= 0.6 is 0 Å². The van der Waals surface area contributed by atoms with Crippen molar-refractivity contribution in [2.24, 2.45) is 0 Å². The molecule has 0 saturated carbocycles. The molecule has 0 spiro atoms. The lowest BCUT2D eigenvalue weighted by Crippen LogP contribution is -2.40. The van der Waals surface area contributed by atoms with E-state index in [2.05, 4.69) is 17.0 Å². The first-order valence-corrected chi connectivity index (χ1v) is 7.83. The van der Waals surface area contributed by atoms with Crippen molar-refractivity contribution >= 4 is 0 Å². The van der Waals surface area contributed by atoms with E-state index in [1.165, 1.54) is 16.7 Å². The van der Waals surface area contributed by atoms with Crippen molar-refractivity contribution in [3.8, 4) is 11.5 Å². The molecule has 1 N–H and O–H groups in total. The molecule has 0 amide bonds. The van der Waals surface area contributed by atoms with Gasteiger partial charge in [-0.25, -0.2) is 0 Å². The molecule has 1 unspecified atom stereocenters. The van der Waals surface area contributed by atoms with E-state index in [0.29, 0.717) is 18.8 Å². The summed E-state index contributed by atoms with van der Waals surface area (Å²) in [6.45, 7) is 2.26. The van der Waals surface area contributed by atoms with Crippen LogP contribution in [-0.4, -0.2) is 48.7 Å². The molecule has 1 aromatic carbocycles. The summed E-state index contributed by atoms with van der Waals surface area (Å²) in [7, 11) is 1.68. The van der Waals surface area contributed by atoms with Crippen molar-refractivity contribution in [3.05, 3.63) is 34.9 Å². The second-order valence-corrected chi connectivity index (χ2v) is 6.57. The monoisotopic (exact) mass is 301 g/mol. The van der Waals surface area contributed by atoms with E-state index < -0.39 is 6.10 Å². The number of rotatable bonds is 1. The fourth-order valence-corrected chi connectivity index (χ4v) is 4.45. The minimum atomic E-state index is -0.505. The Bertz CT molecular complexity index is 671. The predicted octanol–water partition coefficient (Wildman–Crippen LogP) is 1.40. The van der Waals surface area contributed by atoms with Gasteiger partial charge >= 0.3 is 0 Å². The van der Waals surface area contributed by atoms with Gasteiger partial charge in [-0.3, -0.25) is 4.90 Å². The predicted molar refractivity (Wildman–Crippen MR) is 79.0 cm³/mol. The van der Waals surface area contributed by atoms with Gasteiger partial charge < -0.3 is 19.3 Å². The third kappa shape index (κ3) is 1.64. The molecule has 0 aromatic heterocycles. The summed E-state index contributed by atoms with van der Waals surface area (Å²) in [5.41, 5.74) is 4.00. The van der Waals surface area contributed by atoms with E-state index in [9.17, 15) is 5.11 Å². The fourth-order valence-electron chi connectivity index (χ4n) is 4.45. The van der Waals surface area contributed by atoms with Crippen LogP contribution in [0.4, 0.5) is 0 Å². The number of hydrogen-bond donors (Lipinski definition) is 1. The normalized spacial score (nSPS) is 37.5. The summed E-state index contributed by atoms with van der Waals surface area (Å²) < 4.78 is 16.5. The highest BCUT2D eigenvalue weighted by Gasteiger charge is 2.46. The number of ether oxygens (including phenoxy) is 3. The number of benzene rings is 1. The zero-order valence-electron chi connectivity index (χ0n) is 12.5. The van der Waals surface area contributed by atoms with Crippen molar-refractivity contribution < 1.29 is 19.3 Å². The molecule has 1 aliphatic carbocycles.